The number of hydrogen-bond donors (Lipinski definition) is 0. The Hall–Kier alpha value is -2.51. The summed E-state index contributed by atoms with van der Waals surface area (Å²) in [5, 5.41) is 3.98. The Kier molecular flexibility index (Phi) is 5.31. The van der Waals surface area contributed by atoms with Crippen LogP contribution in [0.4, 0.5) is 0 Å². The number of rotatable bonds is 4. The molecule has 7 heteroatoms. The van der Waals surface area contributed by atoms with E-state index in [1.807, 2.05) is 53.7 Å². The van der Waals surface area contributed by atoms with E-state index in [0.717, 1.165) is 29.7 Å². The quantitative estimate of drug-likeness (QED) is 0.638. The monoisotopic (exact) mass is 426 g/mol. The summed E-state index contributed by atoms with van der Waals surface area (Å²) in [5.74, 6) is 0.521. The molecule has 138 valence electrons. The number of carbonyl (C=O) groups is 1. The van der Waals surface area contributed by atoms with Crippen LogP contribution in [0.2, 0.25) is 0 Å². The number of aromatic nitrogens is 2. The maximum atomic E-state index is 12.7. The second-order valence-electron chi connectivity index (χ2n) is 6.51. The fourth-order valence-electron chi connectivity index (χ4n) is 3.14. The number of pyridine rings is 1. The molecule has 2 aromatic heterocycles. The van der Waals surface area contributed by atoms with Gasteiger partial charge in [-0.3, -0.25) is 14.7 Å². The van der Waals surface area contributed by atoms with Crippen molar-refractivity contribution in [2.24, 2.45) is 0 Å². The number of halogens is 1. The van der Waals surface area contributed by atoms with Gasteiger partial charge in [0.05, 0.1) is 0 Å². The lowest BCUT2D eigenvalue weighted by Gasteiger charge is -2.34. The van der Waals surface area contributed by atoms with Gasteiger partial charge in [-0.2, -0.15) is 0 Å². The fraction of sp³-hybridized carbons (Fsp3) is 0.250. The predicted octanol–water partition coefficient (Wildman–Crippen LogP) is 3.46. The highest BCUT2D eigenvalue weighted by atomic mass is 79.9. The molecule has 1 aromatic carbocycles. The summed E-state index contributed by atoms with van der Waals surface area (Å²) < 4.78 is 6.37. The predicted molar refractivity (Wildman–Crippen MR) is 105 cm³/mol. The summed E-state index contributed by atoms with van der Waals surface area (Å²) in [6.07, 6.45) is 3.62. The molecule has 1 aliphatic rings. The van der Waals surface area contributed by atoms with Crippen molar-refractivity contribution in [1.29, 1.82) is 0 Å². The molecule has 0 saturated carbocycles. The average Bonchev–Trinajstić information content (AvgIpc) is 3.20. The van der Waals surface area contributed by atoms with Crippen molar-refractivity contribution in [1.82, 2.24) is 19.9 Å². The molecule has 1 aliphatic heterocycles. The molecule has 0 spiro atoms. The third kappa shape index (κ3) is 4.26. The van der Waals surface area contributed by atoms with Gasteiger partial charge in [-0.15, -0.1) is 0 Å². The average molecular weight is 427 g/mol. The van der Waals surface area contributed by atoms with E-state index in [4.69, 9.17) is 4.52 Å². The smallest absolute Gasteiger partial charge is 0.276 e. The van der Waals surface area contributed by atoms with E-state index in [1.54, 1.807) is 6.07 Å². The molecule has 0 aliphatic carbocycles. The highest BCUT2D eigenvalue weighted by molar-refractivity contribution is 9.10. The van der Waals surface area contributed by atoms with Crippen molar-refractivity contribution in [3.8, 4) is 11.3 Å². The SMILES string of the molecule is O=C(c1cc(-c2ccc(Br)cc2)on1)N1CCN(Cc2ccncc2)CC1. The van der Waals surface area contributed by atoms with Crippen molar-refractivity contribution in [3.05, 3.63) is 70.6 Å². The molecule has 0 unspecified atom stereocenters. The van der Waals surface area contributed by atoms with Crippen molar-refractivity contribution in [2.75, 3.05) is 26.2 Å². The van der Waals surface area contributed by atoms with Crippen LogP contribution in [0.1, 0.15) is 16.1 Å². The number of hydrogen-bond acceptors (Lipinski definition) is 5. The molecular formula is C20H19BrN4O2. The summed E-state index contributed by atoms with van der Waals surface area (Å²) in [6, 6.07) is 13.5. The molecule has 1 amide bonds. The minimum atomic E-state index is -0.0781. The Labute approximate surface area is 165 Å². The van der Waals surface area contributed by atoms with E-state index in [0.29, 0.717) is 24.5 Å². The van der Waals surface area contributed by atoms with Gasteiger partial charge in [0.15, 0.2) is 11.5 Å². The van der Waals surface area contributed by atoms with E-state index in [1.165, 1.54) is 5.56 Å². The summed E-state index contributed by atoms with van der Waals surface area (Å²) in [5.41, 5.74) is 2.49. The Balaban J connectivity index is 1.36. The van der Waals surface area contributed by atoms with Gasteiger partial charge < -0.3 is 9.42 Å². The highest BCUT2D eigenvalue weighted by Gasteiger charge is 2.24. The molecule has 0 N–H and O–H groups in total. The second kappa shape index (κ2) is 8.02. The van der Waals surface area contributed by atoms with E-state index < -0.39 is 0 Å². The van der Waals surface area contributed by atoms with Crippen molar-refractivity contribution in [3.63, 3.8) is 0 Å². The molecular weight excluding hydrogens is 408 g/mol. The van der Waals surface area contributed by atoms with Crippen molar-refractivity contribution < 1.29 is 9.32 Å². The normalized spacial score (nSPS) is 15.1. The molecule has 6 nitrogen and oxygen atoms in total. The standard InChI is InChI=1S/C20H19BrN4O2/c21-17-3-1-16(2-4-17)19-13-18(23-27-19)20(26)25-11-9-24(10-12-25)14-15-5-7-22-8-6-15/h1-8,13H,9-12,14H2. The maximum Gasteiger partial charge on any atom is 0.276 e. The molecule has 0 radical (unpaired) electrons. The third-order valence-corrected chi connectivity index (χ3v) is 5.20. The molecule has 3 aromatic rings. The molecule has 1 saturated heterocycles. The van der Waals surface area contributed by atoms with Crippen LogP contribution in [0.25, 0.3) is 11.3 Å². The number of carbonyl (C=O) groups excluding carboxylic acids is 1. The molecule has 0 atom stereocenters. The first-order valence-corrected chi connectivity index (χ1v) is 9.61. The van der Waals surface area contributed by atoms with E-state index in [9.17, 15) is 4.79 Å². The van der Waals surface area contributed by atoms with Gasteiger partial charge in [-0.1, -0.05) is 33.2 Å². The lowest BCUT2D eigenvalue weighted by Crippen LogP contribution is -2.48. The molecule has 27 heavy (non-hydrogen) atoms. The summed E-state index contributed by atoms with van der Waals surface area (Å²) >= 11 is 3.41. The number of piperazine rings is 1. The van der Waals surface area contributed by atoms with Gasteiger partial charge in [-0.05, 0) is 29.8 Å². The van der Waals surface area contributed by atoms with Gasteiger partial charge >= 0.3 is 0 Å². The van der Waals surface area contributed by atoms with Gasteiger partial charge in [0.2, 0.25) is 0 Å². The Morgan fingerprint density at radius 3 is 2.44 bits per heavy atom. The zero-order valence-electron chi connectivity index (χ0n) is 14.7. The van der Waals surface area contributed by atoms with Gasteiger partial charge in [-0.25, -0.2) is 0 Å². The second-order valence-corrected chi connectivity index (χ2v) is 7.42. The molecule has 4 rings (SSSR count). The van der Waals surface area contributed by atoms with Crippen molar-refractivity contribution >= 4 is 21.8 Å². The minimum absolute atomic E-state index is 0.0781. The lowest BCUT2D eigenvalue weighted by molar-refractivity contribution is 0.0618. The fourth-order valence-corrected chi connectivity index (χ4v) is 3.41. The van der Waals surface area contributed by atoms with E-state index in [-0.39, 0.29) is 5.91 Å². The van der Waals surface area contributed by atoms with Crippen LogP contribution in [-0.4, -0.2) is 52.0 Å². The molecule has 3 heterocycles. The summed E-state index contributed by atoms with van der Waals surface area (Å²) in [7, 11) is 0. The summed E-state index contributed by atoms with van der Waals surface area (Å²) in [6.45, 7) is 3.92. The Bertz CT molecular complexity index is 903. The maximum absolute atomic E-state index is 12.7. The largest absolute Gasteiger partial charge is 0.355 e. The van der Waals surface area contributed by atoms with Gasteiger partial charge in [0.1, 0.15) is 0 Å². The van der Waals surface area contributed by atoms with E-state index >= 15 is 0 Å². The molecule has 0 bridgehead atoms. The topological polar surface area (TPSA) is 62.5 Å². The lowest BCUT2D eigenvalue weighted by atomic mass is 10.1. The van der Waals surface area contributed by atoms with Crippen LogP contribution in [0.15, 0.2) is 63.9 Å². The van der Waals surface area contributed by atoms with Crippen LogP contribution in [-0.2, 0) is 6.54 Å². The van der Waals surface area contributed by atoms with Crippen LogP contribution >= 0.6 is 15.9 Å². The van der Waals surface area contributed by atoms with Crippen LogP contribution < -0.4 is 0 Å². The van der Waals surface area contributed by atoms with Crippen LogP contribution in [0.3, 0.4) is 0 Å². The van der Waals surface area contributed by atoms with Gasteiger partial charge in [0.25, 0.3) is 5.91 Å². The Morgan fingerprint density at radius 1 is 1.04 bits per heavy atom. The zero-order chi connectivity index (χ0) is 18.6. The van der Waals surface area contributed by atoms with Gasteiger partial charge in [0, 0.05) is 61.2 Å². The summed E-state index contributed by atoms with van der Waals surface area (Å²) in [4.78, 5) is 21.0. The first-order chi connectivity index (χ1) is 13.2. The Morgan fingerprint density at radius 2 is 1.74 bits per heavy atom. The highest BCUT2D eigenvalue weighted by Crippen LogP contribution is 2.23. The third-order valence-electron chi connectivity index (χ3n) is 4.67. The number of nitrogens with zero attached hydrogens (tertiary/aromatic N) is 4. The minimum Gasteiger partial charge on any atom is -0.355 e. The van der Waals surface area contributed by atoms with Crippen molar-refractivity contribution in [2.45, 2.75) is 6.54 Å². The van der Waals surface area contributed by atoms with Crippen LogP contribution in [0, 0.1) is 0 Å². The first-order valence-electron chi connectivity index (χ1n) is 8.82. The molecule has 1 fully saturated rings. The number of amides is 1. The first kappa shape index (κ1) is 17.9. The zero-order valence-corrected chi connectivity index (χ0v) is 16.3. The number of benzene rings is 1. The van der Waals surface area contributed by atoms with E-state index in [2.05, 4.69) is 31.0 Å². The van der Waals surface area contributed by atoms with Crippen LogP contribution in [0.5, 0.6) is 0 Å².